The molecule has 94 valence electrons. The highest BCUT2D eigenvalue weighted by Gasteiger charge is 2.23. The SMILES string of the molecule is CC(NCC1CCCN(C)C1)C1CCOC1. The van der Waals surface area contributed by atoms with Gasteiger partial charge in [0.25, 0.3) is 0 Å². The molecule has 0 saturated carbocycles. The zero-order valence-electron chi connectivity index (χ0n) is 10.7. The van der Waals surface area contributed by atoms with Gasteiger partial charge in [0.05, 0.1) is 6.61 Å². The van der Waals surface area contributed by atoms with Gasteiger partial charge in [-0.3, -0.25) is 0 Å². The Morgan fingerprint density at radius 1 is 1.44 bits per heavy atom. The van der Waals surface area contributed by atoms with Crippen LogP contribution in [-0.4, -0.2) is 50.8 Å². The third kappa shape index (κ3) is 3.44. The molecule has 0 aliphatic carbocycles. The summed E-state index contributed by atoms with van der Waals surface area (Å²) in [6, 6.07) is 0.620. The van der Waals surface area contributed by atoms with Gasteiger partial charge in [0.2, 0.25) is 0 Å². The van der Waals surface area contributed by atoms with Crippen LogP contribution in [0.2, 0.25) is 0 Å². The van der Waals surface area contributed by atoms with Crippen LogP contribution in [0.25, 0.3) is 0 Å². The van der Waals surface area contributed by atoms with Gasteiger partial charge in [0, 0.05) is 19.2 Å². The summed E-state index contributed by atoms with van der Waals surface area (Å²) < 4.78 is 5.44. The van der Waals surface area contributed by atoms with Gasteiger partial charge >= 0.3 is 0 Å². The maximum absolute atomic E-state index is 5.44. The summed E-state index contributed by atoms with van der Waals surface area (Å²) in [5, 5.41) is 3.71. The van der Waals surface area contributed by atoms with Crippen LogP contribution >= 0.6 is 0 Å². The molecule has 2 aliphatic heterocycles. The van der Waals surface area contributed by atoms with Crippen LogP contribution in [0, 0.1) is 11.8 Å². The van der Waals surface area contributed by atoms with E-state index in [0.29, 0.717) is 6.04 Å². The molecular formula is C13H26N2O. The first-order valence-electron chi connectivity index (χ1n) is 6.75. The van der Waals surface area contributed by atoms with Gasteiger partial charge < -0.3 is 15.0 Å². The second-order valence-electron chi connectivity index (χ2n) is 5.59. The molecule has 0 radical (unpaired) electrons. The zero-order valence-corrected chi connectivity index (χ0v) is 10.7. The Bertz CT molecular complexity index is 202. The summed E-state index contributed by atoms with van der Waals surface area (Å²) in [4.78, 5) is 2.46. The molecule has 0 bridgehead atoms. The highest BCUT2D eigenvalue weighted by Crippen LogP contribution is 2.18. The van der Waals surface area contributed by atoms with Gasteiger partial charge in [0.15, 0.2) is 0 Å². The summed E-state index contributed by atoms with van der Waals surface area (Å²) in [6.45, 7) is 7.96. The van der Waals surface area contributed by atoms with Gasteiger partial charge in [-0.15, -0.1) is 0 Å². The van der Waals surface area contributed by atoms with E-state index in [9.17, 15) is 0 Å². The van der Waals surface area contributed by atoms with E-state index >= 15 is 0 Å². The predicted molar refractivity (Wildman–Crippen MR) is 66.6 cm³/mol. The van der Waals surface area contributed by atoms with Crippen LogP contribution < -0.4 is 5.32 Å². The van der Waals surface area contributed by atoms with Gasteiger partial charge in [-0.2, -0.15) is 0 Å². The molecule has 16 heavy (non-hydrogen) atoms. The fourth-order valence-electron chi connectivity index (χ4n) is 2.91. The van der Waals surface area contributed by atoms with Crippen molar-refractivity contribution in [3.63, 3.8) is 0 Å². The lowest BCUT2D eigenvalue weighted by Crippen LogP contribution is -2.42. The van der Waals surface area contributed by atoms with E-state index in [1.54, 1.807) is 0 Å². The Labute approximate surface area is 99.5 Å². The number of nitrogens with zero attached hydrogens (tertiary/aromatic N) is 1. The normalized spacial score (nSPS) is 34.1. The van der Waals surface area contributed by atoms with E-state index in [4.69, 9.17) is 4.74 Å². The van der Waals surface area contributed by atoms with Crippen LogP contribution in [0.4, 0.5) is 0 Å². The van der Waals surface area contributed by atoms with Crippen molar-refractivity contribution in [3.05, 3.63) is 0 Å². The van der Waals surface area contributed by atoms with Crippen molar-refractivity contribution in [3.8, 4) is 0 Å². The minimum absolute atomic E-state index is 0.620. The lowest BCUT2D eigenvalue weighted by atomic mass is 9.96. The van der Waals surface area contributed by atoms with E-state index in [1.165, 1.54) is 38.9 Å². The Morgan fingerprint density at radius 3 is 3.00 bits per heavy atom. The largest absolute Gasteiger partial charge is 0.381 e. The summed E-state index contributed by atoms with van der Waals surface area (Å²) in [5.74, 6) is 1.59. The second kappa shape index (κ2) is 5.99. The molecule has 3 atom stereocenters. The molecule has 2 heterocycles. The molecule has 2 saturated heterocycles. The smallest absolute Gasteiger partial charge is 0.0509 e. The minimum atomic E-state index is 0.620. The number of likely N-dealkylation sites (tertiary alicyclic amines) is 1. The molecule has 0 aromatic carbocycles. The number of hydrogen-bond donors (Lipinski definition) is 1. The molecule has 0 aromatic rings. The Hall–Kier alpha value is -0.120. The first kappa shape index (κ1) is 12.3. The summed E-state index contributed by atoms with van der Waals surface area (Å²) in [6.07, 6.45) is 3.99. The van der Waals surface area contributed by atoms with Crippen LogP contribution in [0.5, 0.6) is 0 Å². The monoisotopic (exact) mass is 226 g/mol. The number of rotatable bonds is 4. The number of piperidine rings is 1. The number of nitrogens with one attached hydrogen (secondary N) is 1. The lowest BCUT2D eigenvalue weighted by molar-refractivity contribution is 0.172. The molecule has 0 amide bonds. The van der Waals surface area contributed by atoms with E-state index in [1.807, 2.05) is 0 Å². The predicted octanol–water partition coefficient (Wildman–Crippen LogP) is 1.34. The van der Waals surface area contributed by atoms with Crippen LogP contribution in [0.3, 0.4) is 0 Å². The lowest BCUT2D eigenvalue weighted by Gasteiger charge is -2.31. The molecule has 1 N–H and O–H groups in total. The summed E-state index contributed by atoms with van der Waals surface area (Å²) >= 11 is 0. The van der Waals surface area contributed by atoms with Gasteiger partial charge in [-0.1, -0.05) is 0 Å². The third-order valence-corrected chi connectivity index (χ3v) is 4.12. The van der Waals surface area contributed by atoms with Crippen LogP contribution in [-0.2, 0) is 4.74 Å². The second-order valence-corrected chi connectivity index (χ2v) is 5.59. The summed E-state index contributed by atoms with van der Waals surface area (Å²) in [5.41, 5.74) is 0. The Balaban J connectivity index is 1.65. The topological polar surface area (TPSA) is 24.5 Å². The van der Waals surface area contributed by atoms with Crippen molar-refractivity contribution in [1.82, 2.24) is 10.2 Å². The van der Waals surface area contributed by atoms with Crippen molar-refractivity contribution < 1.29 is 4.74 Å². The van der Waals surface area contributed by atoms with Crippen molar-refractivity contribution in [2.45, 2.75) is 32.2 Å². The first-order chi connectivity index (χ1) is 7.75. The van der Waals surface area contributed by atoms with Crippen molar-refractivity contribution in [2.75, 3.05) is 39.9 Å². The van der Waals surface area contributed by atoms with E-state index < -0.39 is 0 Å². The molecule has 2 fully saturated rings. The highest BCUT2D eigenvalue weighted by molar-refractivity contribution is 4.79. The Morgan fingerprint density at radius 2 is 2.31 bits per heavy atom. The van der Waals surface area contributed by atoms with Crippen molar-refractivity contribution in [1.29, 1.82) is 0 Å². The van der Waals surface area contributed by atoms with Gasteiger partial charge in [-0.05, 0) is 58.2 Å². The Kier molecular flexibility index (Phi) is 4.62. The standard InChI is InChI=1S/C13H26N2O/c1-11(13-5-7-16-10-13)14-8-12-4-3-6-15(2)9-12/h11-14H,3-10H2,1-2H3. The van der Waals surface area contributed by atoms with Gasteiger partial charge in [-0.25, -0.2) is 0 Å². The fraction of sp³-hybridized carbons (Fsp3) is 1.00. The number of ether oxygens (including phenoxy) is 1. The maximum atomic E-state index is 5.44. The average Bonchev–Trinajstić information content (AvgIpc) is 2.79. The molecule has 0 aromatic heterocycles. The summed E-state index contributed by atoms with van der Waals surface area (Å²) in [7, 11) is 2.24. The van der Waals surface area contributed by atoms with Crippen LogP contribution in [0.15, 0.2) is 0 Å². The third-order valence-electron chi connectivity index (χ3n) is 4.12. The fourth-order valence-corrected chi connectivity index (χ4v) is 2.91. The zero-order chi connectivity index (χ0) is 11.4. The molecule has 2 aliphatic rings. The van der Waals surface area contributed by atoms with Crippen molar-refractivity contribution in [2.24, 2.45) is 11.8 Å². The average molecular weight is 226 g/mol. The first-order valence-corrected chi connectivity index (χ1v) is 6.75. The number of hydrogen-bond acceptors (Lipinski definition) is 3. The van der Waals surface area contributed by atoms with E-state index in [2.05, 4.69) is 24.2 Å². The van der Waals surface area contributed by atoms with Crippen molar-refractivity contribution >= 4 is 0 Å². The minimum Gasteiger partial charge on any atom is -0.381 e. The molecule has 3 unspecified atom stereocenters. The molecule has 3 nitrogen and oxygen atoms in total. The van der Waals surface area contributed by atoms with Crippen LogP contribution in [0.1, 0.15) is 26.2 Å². The van der Waals surface area contributed by atoms with E-state index in [-0.39, 0.29) is 0 Å². The molecule has 3 heteroatoms. The molecular weight excluding hydrogens is 200 g/mol. The molecule has 0 spiro atoms. The highest BCUT2D eigenvalue weighted by atomic mass is 16.5. The quantitative estimate of drug-likeness (QED) is 0.783. The molecule has 2 rings (SSSR count). The van der Waals surface area contributed by atoms with E-state index in [0.717, 1.165) is 25.0 Å². The van der Waals surface area contributed by atoms with Gasteiger partial charge in [0.1, 0.15) is 0 Å². The maximum Gasteiger partial charge on any atom is 0.0509 e.